The Balaban J connectivity index is 1.31. The molecule has 1 heterocycles. The molecule has 0 N–H and O–H groups in total. The van der Waals surface area contributed by atoms with E-state index in [0.717, 1.165) is 19.3 Å². The number of carbonyl (C=O) groups excluding carboxylic acids is 5. The van der Waals surface area contributed by atoms with Gasteiger partial charge in [-0.3, -0.25) is 19.2 Å². The fraction of sp³-hybridized carbons (Fsp3) is 0.514. The van der Waals surface area contributed by atoms with Crippen molar-refractivity contribution in [3.63, 3.8) is 0 Å². The van der Waals surface area contributed by atoms with E-state index in [-0.39, 0.29) is 17.8 Å². The van der Waals surface area contributed by atoms with Gasteiger partial charge in [-0.25, -0.2) is 4.79 Å². The number of ketones is 3. The van der Waals surface area contributed by atoms with Crippen LogP contribution in [0, 0.1) is 5.92 Å². The first-order valence-corrected chi connectivity index (χ1v) is 15.6. The molecule has 3 rings (SSSR count). The van der Waals surface area contributed by atoms with Crippen LogP contribution in [0.3, 0.4) is 0 Å². The zero-order valence-electron chi connectivity index (χ0n) is 24.8. The number of rotatable bonds is 20. The van der Waals surface area contributed by atoms with E-state index >= 15 is 0 Å². The highest BCUT2D eigenvalue weighted by atomic mass is 16.6. The number of ether oxygens (including phenoxy) is 2. The predicted octanol–water partition coefficient (Wildman–Crippen LogP) is 7.24. The van der Waals surface area contributed by atoms with Crippen molar-refractivity contribution in [2.24, 2.45) is 5.92 Å². The van der Waals surface area contributed by atoms with Crippen LogP contribution in [-0.2, 0) is 23.9 Å². The molecule has 2 aromatic rings. The second-order valence-electron chi connectivity index (χ2n) is 11.1. The number of cyclic esters (lactones) is 1. The Morgan fingerprint density at radius 2 is 1.17 bits per heavy atom. The molecule has 0 aliphatic carbocycles. The van der Waals surface area contributed by atoms with Crippen LogP contribution < -0.4 is 0 Å². The van der Waals surface area contributed by atoms with Crippen molar-refractivity contribution in [1.82, 2.24) is 0 Å². The molecule has 1 aliphatic heterocycles. The van der Waals surface area contributed by atoms with Gasteiger partial charge in [-0.2, -0.15) is 0 Å². The normalized spacial score (nSPS) is 16.3. The lowest BCUT2D eigenvalue weighted by molar-refractivity contribution is -0.148. The maximum atomic E-state index is 12.7. The molecular formula is C35H44O7. The van der Waals surface area contributed by atoms with Gasteiger partial charge in [0.25, 0.3) is 0 Å². The first-order chi connectivity index (χ1) is 20.4. The Bertz CT molecular complexity index is 1170. The van der Waals surface area contributed by atoms with Gasteiger partial charge in [-0.15, -0.1) is 0 Å². The standard InChI is InChI=1S/C35H44O7/c1-2-3-4-5-6-7-8-9-10-11-12-13-17-20-29(36)31-33(38)30(42-35(31)40)25-41-34(39)28-23-21-27(22-24-28)32(37)26-18-15-14-16-19-26/h14-16,18-19,21-24,30-31H,2-13,17,20,25H2,1H3. The zero-order valence-corrected chi connectivity index (χ0v) is 24.8. The number of hydrogen-bond donors (Lipinski definition) is 0. The molecule has 1 aliphatic rings. The molecule has 1 fully saturated rings. The second kappa shape index (κ2) is 18.0. The molecule has 2 unspecified atom stereocenters. The topological polar surface area (TPSA) is 104 Å². The van der Waals surface area contributed by atoms with Crippen LogP contribution in [0.25, 0.3) is 0 Å². The third-order valence-electron chi connectivity index (χ3n) is 7.73. The molecule has 1 saturated heterocycles. The summed E-state index contributed by atoms with van der Waals surface area (Å²) in [5.41, 5.74) is 1.14. The average Bonchev–Trinajstić information content (AvgIpc) is 3.30. The highest BCUT2D eigenvalue weighted by Crippen LogP contribution is 2.22. The van der Waals surface area contributed by atoms with Crippen molar-refractivity contribution in [2.45, 2.75) is 103 Å². The molecule has 7 nitrogen and oxygen atoms in total. The van der Waals surface area contributed by atoms with Crippen molar-refractivity contribution in [3.05, 3.63) is 71.3 Å². The summed E-state index contributed by atoms with van der Waals surface area (Å²) in [5, 5.41) is 0. The molecule has 2 aromatic carbocycles. The summed E-state index contributed by atoms with van der Waals surface area (Å²) in [5.74, 6) is -4.29. The lowest BCUT2D eigenvalue weighted by atomic mass is 9.94. The minimum absolute atomic E-state index is 0.157. The van der Waals surface area contributed by atoms with Crippen LogP contribution in [0.15, 0.2) is 54.6 Å². The monoisotopic (exact) mass is 576 g/mol. The molecule has 0 bridgehead atoms. The van der Waals surface area contributed by atoms with E-state index in [1.54, 1.807) is 24.3 Å². The second-order valence-corrected chi connectivity index (χ2v) is 11.1. The minimum atomic E-state index is -1.44. The summed E-state index contributed by atoms with van der Waals surface area (Å²) in [7, 11) is 0. The molecular weight excluding hydrogens is 532 g/mol. The largest absolute Gasteiger partial charge is 0.458 e. The molecule has 2 atom stereocenters. The van der Waals surface area contributed by atoms with Gasteiger partial charge in [0.1, 0.15) is 6.61 Å². The maximum absolute atomic E-state index is 12.7. The molecule has 0 saturated carbocycles. The zero-order chi connectivity index (χ0) is 30.2. The van der Waals surface area contributed by atoms with Gasteiger partial charge in [0.05, 0.1) is 5.56 Å². The van der Waals surface area contributed by atoms with E-state index < -0.39 is 42.1 Å². The van der Waals surface area contributed by atoms with E-state index in [1.807, 2.05) is 6.07 Å². The first-order valence-electron chi connectivity index (χ1n) is 15.6. The van der Waals surface area contributed by atoms with Gasteiger partial charge in [0.2, 0.25) is 0 Å². The van der Waals surface area contributed by atoms with Crippen molar-refractivity contribution in [1.29, 1.82) is 0 Å². The molecule has 0 aromatic heterocycles. The molecule has 7 heteroatoms. The highest BCUT2D eigenvalue weighted by Gasteiger charge is 2.47. The first kappa shape index (κ1) is 32.9. The summed E-state index contributed by atoms with van der Waals surface area (Å²) in [6.45, 7) is 1.77. The number of carbonyl (C=O) groups is 5. The summed E-state index contributed by atoms with van der Waals surface area (Å²) in [4.78, 5) is 62.6. The SMILES string of the molecule is CCCCCCCCCCCCCCCC(=O)C1C(=O)OC(COC(=O)c2ccc(C(=O)c3ccccc3)cc2)C1=O. The maximum Gasteiger partial charge on any atom is 0.338 e. The average molecular weight is 577 g/mol. The fourth-order valence-corrected chi connectivity index (χ4v) is 5.18. The molecule has 226 valence electrons. The summed E-state index contributed by atoms with van der Waals surface area (Å²) in [6, 6.07) is 14.8. The Hall–Kier alpha value is -3.61. The Morgan fingerprint density at radius 1 is 0.667 bits per heavy atom. The van der Waals surface area contributed by atoms with Crippen LogP contribution in [0.5, 0.6) is 0 Å². The van der Waals surface area contributed by atoms with Crippen LogP contribution in [0.4, 0.5) is 0 Å². The summed E-state index contributed by atoms with van der Waals surface area (Å²) < 4.78 is 10.3. The molecule has 42 heavy (non-hydrogen) atoms. The van der Waals surface area contributed by atoms with Crippen molar-refractivity contribution >= 4 is 29.3 Å². The third kappa shape index (κ3) is 10.3. The van der Waals surface area contributed by atoms with Gasteiger partial charge >= 0.3 is 11.9 Å². The number of benzene rings is 2. The van der Waals surface area contributed by atoms with Gasteiger partial charge in [-0.1, -0.05) is 126 Å². The predicted molar refractivity (Wildman–Crippen MR) is 160 cm³/mol. The van der Waals surface area contributed by atoms with E-state index in [2.05, 4.69) is 6.92 Å². The van der Waals surface area contributed by atoms with E-state index in [4.69, 9.17) is 9.47 Å². The molecule has 0 amide bonds. The smallest absolute Gasteiger partial charge is 0.338 e. The third-order valence-corrected chi connectivity index (χ3v) is 7.73. The van der Waals surface area contributed by atoms with Gasteiger partial charge in [0.15, 0.2) is 29.4 Å². The Labute approximate surface area is 249 Å². The molecule has 0 radical (unpaired) electrons. The fourth-order valence-electron chi connectivity index (χ4n) is 5.18. The summed E-state index contributed by atoms with van der Waals surface area (Å²) >= 11 is 0. The van der Waals surface area contributed by atoms with E-state index in [9.17, 15) is 24.0 Å². The number of Topliss-reactive ketones (excluding diaryl/α,β-unsaturated/α-hetero) is 2. The quantitative estimate of drug-likeness (QED) is 0.0708. The van der Waals surface area contributed by atoms with Crippen molar-refractivity contribution in [3.8, 4) is 0 Å². The Kier molecular flexibility index (Phi) is 14.1. The van der Waals surface area contributed by atoms with Crippen LogP contribution in [0.2, 0.25) is 0 Å². The van der Waals surface area contributed by atoms with Crippen LogP contribution in [0.1, 0.15) is 123 Å². The van der Waals surface area contributed by atoms with Gasteiger partial charge in [-0.05, 0) is 18.6 Å². The number of unbranched alkanes of at least 4 members (excludes halogenated alkanes) is 12. The summed E-state index contributed by atoms with van der Waals surface area (Å²) in [6.07, 6.45) is 14.3. The van der Waals surface area contributed by atoms with Crippen molar-refractivity contribution in [2.75, 3.05) is 6.61 Å². The van der Waals surface area contributed by atoms with E-state index in [0.29, 0.717) is 17.5 Å². The van der Waals surface area contributed by atoms with Gasteiger partial charge < -0.3 is 9.47 Å². The Morgan fingerprint density at radius 3 is 1.74 bits per heavy atom. The molecule has 0 spiro atoms. The number of hydrogen-bond acceptors (Lipinski definition) is 7. The number of esters is 2. The van der Waals surface area contributed by atoms with E-state index in [1.165, 1.54) is 82.1 Å². The lowest BCUT2D eigenvalue weighted by Crippen LogP contribution is -2.30. The highest BCUT2D eigenvalue weighted by molar-refractivity contribution is 6.21. The minimum Gasteiger partial charge on any atom is -0.458 e. The van der Waals surface area contributed by atoms with Crippen LogP contribution in [-0.4, -0.2) is 42.0 Å². The van der Waals surface area contributed by atoms with Crippen LogP contribution >= 0.6 is 0 Å². The lowest BCUT2D eigenvalue weighted by Gasteiger charge is -2.09. The van der Waals surface area contributed by atoms with Gasteiger partial charge in [0, 0.05) is 17.5 Å². The van der Waals surface area contributed by atoms with Crippen molar-refractivity contribution < 1.29 is 33.4 Å².